The Kier molecular flexibility index (Phi) is 5.90. The fourth-order valence-corrected chi connectivity index (χ4v) is 8.92. The molecule has 0 aromatic heterocycles. The molecule has 0 aliphatic heterocycles. The van der Waals surface area contributed by atoms with Crippen LogP contribution in [0.1, 0.15) is 71.6 Å². The van der Waals surface area contributed by atoms with Gasteiger partial charge in [-0.1, -0.05) is 19.8 Å². The molecule has 0 aromatic carbocycles. The lowest BCUT2D eigenvalue weighted by Crippen LogP contribution is -2.56. The first-order valence-electron chi connectivity index (χ1n) is 11.7. The minimum Gasteiger partial charge on any atom is -0.396 e. The smallest absolute Gasteiger partial charge is 0.146 e. The lowest BCUT2D eigenvalue weighted by molar-refractivity contribution is -0.144. The van der Waals surface area contributed by atoms with Crippen molar-refractivity contribution in [2.45, 2.75) is 77.2 Å². The topological polar surface area (TPSA) is 57.5 Å². The van der Waals surface area contributed by atoms with Crippen LogP contribution in [0.15, 0.2) is 0 Å². The number of carbonyl (C=O) groups excluding carboxylic acids is 1. The van der Waals surface area contributed by atoms with Gasteiger partial charge < -0.3 is 10.2 Å². The molecule has 4 fully saturated rings. The zero-order valence-electron chi connectivity index (χ0n) is 18.2. The van der Waals surface area contributed by atoms with Crippen molar-refractivity contribution in [3.63, 3.8) is 0 Å². The summed E-state index contributed by atoms with van der Waals surface area (Å²) >= 11 is 1.59. The van der Waals surface area contributed by atoms with Gasteiger partial charge in [0.05, 0.1) is 12.4 Å². The Morgan fingerprint density at radius 1 is 1.07 bits per heavy atom. The maximum Gasteiger partial charge on any atom is 0.146 e. The van der Waals surface area contributed by atoms with Gasteiger partial charge in [0, 0.05) is 11.7 Å². The van der Waals surface area contributed by atoms with Crippen LogP contribution in [0.2, 0.25) is 0 Å². The highest BCUT2D eigenvalue weighted by molar-refractivity contribution is 7.99. The first-order chi connectivity index (χ1) is 13.8. The molecule has 3 nitrogen and oxygen atoms in total. The van der Waals surface area contributed by atoms with Crippen LogP contribution in [0.3, 0.4) is 0 Å². The van der Waals surface area contributed by atoms with Crippen LogP contribution in [0.4, 0.5) is 0 Å². The van der Waals surface area contributed by atoms with Crippen molar-refractivity contribution >= 4 is 17.5 Å². The number of aliphatic hydroxyl groups is 2. The first kappa shape index (κ1) is 21.7. The maximum absolute atomic E-state index is 13.0. The van der Waals surface area contributed by atoms with Crippen LogP contribution in [-0.4, -0.2) is 39.7 Å². The molecule has 0 spiro atoms. The van der Waals surface area contributed by atoms with E-state index in [0.717, 1.165) is 37.5 Å². The highest BCUT2D eigenvalue weighted by atomic mass is 32.2. The molecule has 162 valence electrons. The molecular formula is C25H38O3S. The van der Waals surface area contributed by atoms with Gasteiger partial charge in [-0.05, 0) is 92.3 Å². The summed E-state index contributed by atoms with van der Waals surface area (Å²) in [6, 6.07) is 0. The van der Waals surface area contributed by atoms with E-state index in [2.05, 4.69) is 19.8 Å². The van der Waals surface area contributed by atoms with E-state index in [1.54, 1.807) is 11.8 Å². The molecule has 2 unspecified atom stereocenters. The summed E-state index contributed by atoms with van der Waals surface area (Å²) < 4.78 is 0. The molecule has 4 aliphatic rings. The number of fused-ring (bicyclic) bond motifs is 5. The third-order valence-corrected chi connectivity index (χ3v) is 10.8. The Hall–Kier alpha value is -0.500. The third kappa shape index (κ3) is 3.50. The van der Waals surface area contributed by atoms with E-state index in [1.165, 1.54) is 32.1 Å². The highest BCUT2D eigenvalue weighted by Gasteiger charge is 2.61. The van der Waals surface area contributed by atoms with Gasteiger partial charge in [-0.25, -0.2) is 0 Å². The third-order valence-electron chi connectivity index (χ3n) is 9.86. The largest absolute Gasteiger partial charge is 0.396 e. The Morgan fingerprint density at radius 3 is 2.55 bits per heavy atom. The van der Waals surface area contributed by atoms with Gasteiger partial charge in [-0.2, -0.15) is 11.8 Å². The molecule has 4 rings (SSSR count). The van der Waals surface area contributed by atoms with E-state index in [1.807, 2.05) is 0 Å². The van der Waals surface area contributed by atoms with Gasteiger partial charge in [-0.3, -0.25) is 4.79 Å². The molecule has 0 bridgehead atoms. The fraction of sp³-hybridized carbons (Fsp3) is 0.880. The van der Waals surface area contributed by atoms with Crippen molar-refractivity contribution in [2.24, 2.45) is 40.4 Å². The first-order valence-corrected chi connectivity index (χ1v) is 12.8. The van der Waals surface area contributed by atoms with Crippen LogP contribution in [0.5, 0.6) is 0 Å². The number of hydrogen-bond acceptors (Lipinski definition) is 4. The number of carbonyl (C=O) groups is 1. The summed E-state index contributed by atoms with van der Waals surface area (Å²) in [6.07, 6.45) is 15.3. The van der Waals surface area contributed by atoms with Gasteiger partial charge in [0.25, 0.3) is 0 Å². The second kappa shape index (κ2) is 7.88. The molecule has 0 saturated heterocycles. The Bertz CT molecular complexity index is 686. The summed E-state index contributed by atoms with van der Waals surface area (Å²) in [7, 11) is 0. The van der Waals surface area contributed by atoms with Crippen molar-refractivity contribution in [3.05, 3.63) is 0 Å². The molecule has 0 aromatic rings. The van der Waals surface area contributed by atoms with Crippen molar-refractivity contribution in [3.8, 4) is 12.3 Å². The fourth-order valence-electron chi connectivity index (χ4n) is 8.24. The number of aliphatic hydroxyl groups excluding tert-OH is 1. The Balaban J connectivity index is 1.50. The van der Waals surface area contributed by atoms with E-state index in [9.17, 15) is 9.90 Å². The lowest BCUT2D eigenvalue weighted by Gasteiger charge is -2.61. The van der Waals surface area contributed by atoms with Gasteiger partial charge in [0.1, 0.15) is 11.4 Å². The normalized spacial score (nSPS) is 48.9. The molecule has 2 N–H and O–H groups in total. The van der Waals surface area contributed by atoms with E-state index < -0.39 is 5.60 Å². The second-order valence-electron chi connectivity index (χ2n) is 11.0. The van der Waals surface area contributed by atoms with Gasteiger partial charge in [0.15, 0.2) is 0 Å². The quantitative estimate of drug-likeness (QED) is 0.516. The number of thioether (sulfide) groups is 1. The molecule has 4 aliphatic carbocycles. The number of rotatable bonds is 5. The van der Waals surface area contributed by atoms with Crippen LogP contribution in [0, 0.1) is 52.8 Å². The Morgan fingerprint density at radius 2 is 1.83 bits per heavy atom. The molecule has 0 radical (unpaired) electrons. The summed E-state index contributed by atoms with van der Waals surface area (Å²) in [5.74, 6) is 7.20. The summed E-state index contributed by atoms with van der Waals surface area (Å²) in [5.41, 5.74) is -0.431. The van der Waals surface area contributed by atoms with Crippen molar-refractivity contribution in [1.82, 2.24) is 0 Å². The minimum absolute atomic E-state index is 0.154. The molecule has 0 amide bonds. The molecule has 4 heteroatoms. The van der Waals surface area contributed by atoms with Crippen LogP contribution >= 0.6 is 11.8 Å². The molecular weight excluding hydrogens is 380 g/mol. The summed E-state index contributed by atoms with van der Waals surface area (Å²) in [5, 5.41) is 19.7. The zero-order chi connectivity index (χ0) is 20.9. The maximum atomic E-state index is 13.0. The van der Waals surface area contributed by atoms with Gasteiger partial charge in [0.2, 0.25) is 0 Å². The number of ketones is 1. The zero-order valence-corrected chi connectivity index (χ0v) is 19.0. The Labute approximate surface area is 180 Å². The standard InChI is InChI=1S/C25H38O3S/c1-4-25(28)12-11-23(2)17(15-25)5-6-18-19-7-8-21(22(27)16-29-14-13-26)24(19,3)10-9-20(18)23/h1,17-21,26,28H,5-16H2,2-3H3/t17?,18-,19-,20-,21+,23-,24-,25?/m0/s1. The number of hydrogen-bond donors (Lipinski definition) is 2. The van der Waals surface area contributed by atoms with E-state index in [-0.39, 0.29) is 17.9 Å². The van der Waals surface area contributed by atoms with Gasteiger partial charge in [-0.15, -0.1) is 6.42 Å². The summed E-state index contributed by atoms with van der Waals surface area (Å²) in [6.45, 7) is 5.05. The average Bonchev–Trinajstić information content (AvgIpc) is 3.06. The van der Waals surface area contributed by atoms with E-state index >= 15 is 0 Å². The summed E-state index contributed by atoms with van der Waals surface area (Å²) in [4.78, 5) is 13.0. The monoisotopic (exact) mass is 418 g/mol. The highest BCUT2D eigenvalue weighted by Crippen LogP contribution is 2.68. The SMILES string of the molecule is C#CC1(O)CC[C@@]2(C)C(CC[C@H]3[C@@H]4CC[C@H](C(=O)CSCCO)[C@@]4(C)CC[C@@H]32)C1. The van der Waals surface area contributed by atoms with Crippen molar-refractivity contribution < 1.29 is 15.0 Å². The van der Waals surface area contributed by atoms with Crippen molar-refractivity contribution in [2.75, 3.05) is 18.1 Å². The van der Waals surface area contributed by atoms with Crippen LogP contribution < -0.4 is 0 Å². The lowest BCUT2D eigenvalue weighted by atomic mass is 9.44. The van der Waals surface area contributed by atoms with Crippen LogP contribution in [0.25, 0.3) is 0 Å². The van der Waals surface area contributed by atoms with E-state index in [4.69, 9.17) is 11.5 Å². The predicted molar refractivity (Wildman–Crippen MR) is 118 cm³/mol. The second-order valence-corrected chi connectivity index (χ2v) is 12.1. The van der Waals surface area contributed by atoms with Crippen LogP contribution in [-0.2, 0) is 4.79 Å². The minimum atomic E-state index is -0.892. The average molecular weight is 419 g/mol. The van der Waals surface area contributed by atoms with E-state index in [0.29, 0.717) is 34.5 Å². The molecule has 29 heavy (non-hydrogen) atoms. The molecule has 8 atom stereocenters. The van der Waals surface area contributed by atoms with Gasteiger partial charge >= 0.3 is 0 Å². The van der Waals surface area contributed by atoms with Crippen molar-refractivity contribution in [1.29, 1.82) is 0 Å². The number of Topliss-reactive ketones (excluding diaryl/α,β-unsaturated/α-hetero) is 1. The molecule has 0 heterocycles. The predicted octanol–water partition coefficient (Wildman–Crippen LogP) is 4.30. The molecule has 4 saturated carbocycles. The number of terminal acetylenes is 1.